The molecule has 0 unspecified atom stereocenters. The number of rotatable bonds is 7. The summed E-state index contributed by atoms with van der Waals surface area (Å²) in [5.41, 5.74) is 4.26. The van der Waals surface area contributed by atoms with Crippen LogP contribution in [0.5, 0.6) is 5.75 Å². The molecule has 0 fully saturated rings. The monoisotopic (exact) mass is 532 g/mol. The zero-order valence-corrected chi connectivity index (χ0v) is 20.5. The number of aryl methyl sites for hydroxylation is 1. The Labute approximate surface area is 216 Å². The largest absolute Gasteiger partial charge is 0.483 e. The van der Waals surface area contributed by atoms with Crippen LogP contribution in [0.15, 0.2) is 65.8 Å². The molecule has 0 aliphatic heterocycles. The Morgan fingerprint density at radius 2 is 1.71 bits per heavy atom. The summed E-state index contributed by atoms with van der Waals surface area (Å²) < 4.78 is 5.56. The number of hydrogen-bond acceptors (Lipinski definition) is 5. The van der Waals surface area contributed by atoms with E-state index < -0.39 is 17.7 Å². The van der Waals surface area contributed by atoms with Crippen LogP contribution >= 0.6 is 34.8 Å². The molecule has 180 valence electrons. The van der Waals surface area contributed by atoms with Crippen LogP contribution in [0.1, 0.15) is 11.1 Å². The van der Waals surface area contributed by atoms with Crippen LogP contribution < -0.4 is 20.8 Å². The van der Waals surface area contributed by atoms with E-state index in [0.717, 1.165) is 5.56 Å². The standard InChI is InChI=1S/C24H19Cl3N4O4/c1-14-4-2-5-17(10-14)29-23(33)24(34)31-28-12-15-11-16(25)8-9-20(15)35-13-21(32)30-19-7-3-6-18(26)22(19)27/h2-12H,13H2,1H3,(H,29,33)(H,30,32)(H,31,34)/b28-12-. The predicted molar refractivity (Wildman–Crippen MR) is 138 cm³/mol. The Bertz CT molecular complexity index is 1300. The van der Waals surface area contributed by atoms with Crippen molar-refractivity contribution in [3.63, 3.8) is 0 Å². The average Bonchev–Trinajstić information content (AvgIpc) is 2.81. The number of carbonyl (C=O) groups excluding carboxylic acids is 3. The number of carbonyl (C=O) groups is 3. The summed E-state index contributed by atoms with van der Waals surface area (Å²) in [5, 5.41) is 9.75. The van der Waals surface area contributed by atoms with E-state index in [1.807, 2.05) is 13.0 Å². The summed E-state index contributed by atoms with van der Waals surface area (Å²) in [6.07, 6.45) is 1.24. The molecule has 11 heteroatoms. The van der Waals surface area contributed by atoms with E-state index in [0.29, 0.717) is 27.0 Å². The zero-order valence-electron chi connectivity index (χ0n) is 18.3. The first-order chi connectivity index (χ1) is 16.7. The minimum Gasteiger partial charge on any atom is -0.483 e. The van der Waals surface area contributed by atoms with Gasteiger partial charge in [-0.3, -0.25) is 14.4 Å². The van der Waals surface area contributed by atoms with Crippen molar-refractivity contribution in [2.45, 2.75) is 6.92 Å². The van der Waals surface area contributed by atoms with Gasteiger partial charge in [0.15, 0.2) is 6.61 Å². The van der Waals surface area contributed by atoms with Gasteiger partial charge in [-0.25, -0.2) is 5.43 Å². The maximum absolute atomic E-state index is 12.3. The number of amides is 3. The Morgan fingerprint density at radius 3 is 2.49 bits per heavy atom. The number of ether oxygens (including phenoxy) is 1. The van der Waals surface area contributed by atoms with Gasteiger partial charge in [-0.1, -0.05) is 53.0 Å². The van der Waals surface area contributed by atoms with Crippen LogP contribution in [-0.2, 0) is 14.4 Å². The molecule has 3 aromatic carbocycles. The minimum atomic E-state index is -0.968. The summed E-state index contributed by atoms with van der Waals surface area (Å²) in [5.74, 6) is -2.06. The Hall–Kier alpha value is -3.59. The van der Waals surface area contributed by atoms with Gasteiger partial charge in [0.2, 0.25) is 0 Å². The fourth-order valence-electron chi connectivity index (χ4n) is 2.80. The van der Waals surface area contributed by atoms with E-state index in [4.69, 9.17) is 39.5 Å². The molecule has 8 nitrogen and oxygen atoms in total. The van der Waals surface area contributed by atoms with Crippen LogP contribution in [0.25, 0.3) is 0 Å². The van der Waals surface area contributed by atoms with E-state index in [2.05, 4.69) is 21.2 Å². The number of anilines is 2. The van der Waals surface area contributed by atoms with Gasteiger partial charge in [0.1, 0.15) is 5.75 Å². The number of halogens is 3. The summed E-state index contributed by atoms with van der Waals surface area (Å²) >= 11 is 18.1. The molecule has 0 radical (unpaired) electrons. The average molecular weight is 534 g/mol. The summed E-state index contributed by atoms with van der Waals surface area (Å²) in [6, 6.07) is 16.5. The molecule has 0 saturated heterocycles. The number of hydrazone groups is 1. The smallest absolute Gasteiger partial charge is 0.329 e. The first-order valence-electron chi connectivity index (χ1n) is 10.1. The summed E-state index contributed by atoms with van der Waals surface area (Å²) in [7, 11) is 0. The highest BCUT2D eigenvalue weighted by Gasteiger charge is 2.14. The first kappa shape index (κ1) is 26.0. The molecule has 3 aromatic rings. The molecular formula is C24H19Cl3N4O4. The lowest BCUT2D eigenvalue weighted by atomic mass is 10.2. The molecule has 0 aromatic heterocycles. The van der Waals surface area contributed by atoms with Crippen molar-refractivity contribution < 1.29 is 19.1 Å². The summed E-state index contributed by atoms with van der Waals surface area (Å²) in [6.45, 7) is 1.51. The molecule has 0 heterocycles. The van der Waals surface area contributed by atoms with Gasteiger partial charge in [-0.05, 0) is 55.0 Å². The fourth-order valence-corrected chi connectivity index (χ4v) is 3.33. The quantitative estimate of drug-likeness (QED) is 0.224. The molecule has 0 spiro atoms. The fraction of sp³-hybridized carbons (Fsp3) is 0.0833. The number of hydrogen-bond donors (Lipinski definition) is 3. The first-order valence-corrected chi connectivity index (χ1v) is 11.2. The number of nitrogens with zero attached hydrogens (tertiary/aromatic N) is 1. The second-order valence-electron chi connectivity index (χ2n) is 7.14. The van der Waals surface area contributed by atoms with Crippen LogP contribution in [0.2, 0.25) is 15.1 Å². The minimum absolute atomic E-state index is 0.212. The van der Waals surface area contributed by atoms with E-state index >= 15 is 0 Å². The molecule has 0 aliphatic rings. The molecule has 0 bridgehead atoms. The van der Waals surface area contributed by atoms with E-state index in [-0.39, 0.29) is 17.4 Å². The van der Waals surface area contributed by atoms with E-state index in [9.17, 15) is 14.4 Å². The number of benzene rings is 3. The van der Waals surface area contributed by atoms with E-state index in [1.165, 1.54) is 18.3 Å². The highest BCUT2D eigenvalue weighted by molar-refractivity contribution is 6.44. The maximum Gasteiger partial charge on any atom is 0.329 e. The Balaban J connectivity index is 1.59. The Morgan fingerprint density at radius 1 is 0.943 bits per heavy atom. The van der Waals surface area contributed by atoms with Crippen molar-refractivity contribution in [3.05, 3.63) is 86.9 Å². The van der Waals surface area contributed by atoms with Crippen LogP contribution in [0, 0.1) is 6.92 Å². The molecule has 3 rings (SSSR count). The van der Waals surface area contributed by atoms with Gasteiger partial charge in [0, 0.05) is 16.3 Å². The Kier molecular flexibility index (Phi) is 9.08. The molecule has 0 saturated carbocycles. The van der Waals surface area contributed by atoms with Crippen molar-refractivity contribution in [3.8, 4) is 5.75 Å². The van der Waals surface area contributed by atoms with Gasteiger partial charge in [0.05, 0.1) is 21.9 Å². The van der Waals surface area contributed by atoms with Crippen molar-refractivity contribution in [1.82, 2.24) is 5.43 Å². The highest BCUT2D eigenvalue weighted by Crippen LogP contribution is 2.29. The molecule has 0 atom stereocenters. The molecular weight excluding hydrogens is 515 g/mol. The second kappa shape index (κ2) is 12.2. The third kappa shape index (κ3) is 7.71. The van der Waals surface area contributed by atoms with Gasteiger partial charge >= 0.3 is 11.8 Å². The second-order valence-corrected chi connectivity index (χ2v) is 8.36. The molecule has 35 heavy (non-hydrogen) atoms. The van der Waals surface area contributed by atoms with Crippen LogP contribution in [0.4, 0.5) is 11.4 Å². The lowest BCUT2D eigenvalue weighted by Gasteiger charge is -2.11. The molecule has 3 amide bonds. The van der Waals surface area contributed by atoms with Crippen molar-refractivity contribution >= 4 is 70.1 Å². The van der Waals surface area contributed by atoms with Gasteiger partial charge in [-0.15, -0.1) is 0 Å². The predicted octanol–water partition coefficient (Wildman–Crippen LogP) is 5.06. The highest BCUT2D eigenvalue weighted by atomic mass is 35.5. The normalized spacial score (nSPS) is 10.6. The topological polar surface area (TPSA) is 109 Å². The van der Waals surface area contributed by atoms with Crippen LogP contribution in [0.3, 0.4) is 0 Å². The third-order valence-electron chi connectivity index (χ3n) is 4.41. The van der Waals surface area contributed by atoms with Crippen LogP contribution in [-0.4, -0.2) is 30.5 Å². The van der Waals surface area contributed by atoms with Crippen molar-refractivity contribution in [2.75, 3.05) is 17.2 Å². The van der Waals surface area contributed by atoms with Crippen molar-refractivity contribution in [1.29, 1.82) is 0 Å². The van der Waals surface area contributed by atoms with Gasteiger partial charge in [0.25, 0.3) is 5.91 Å². The lowest BCUT2D eigenvalue weighted by Crippen LogP contribution is -2.32. The zero-order chi connectivity index (χ0) is 25.4. The SMILES string of the molecule is Cc1cccc(NC(=O)C(=O)N/N=C\c2cc(Cl)ccc2OCC(=O)Nc2cccc(Cl)c2Cl)c1. The summed E-state index contributed by atoms with van der Waals surface area (Å²) in [4.78, 5) is 36.4. The van der Waals surface area contributed by atoms with Gasteiger partial charge in [-0.2, -0.15) is 5.10 Å². The molecule has 0 aliphatic carbocycles. The maximum atomic E-state index is 12.3. The van der Waals surface area contributed by atoms with Gasteiger partial charge < -0.3 is 15.4 Å². The lowest BCUT2D eigenvalue weighted by molar-refractivity contribution is -0.136. The van der Waals surface area contributed by atoms with E-state index in [1.54, 1.807) is 42.5 Å². The molecule has 3 N–H and O–H groups in total. The number of nitrogens with one attached hydrogen (secondary N) is 3. The third-order valence-corrected chi connectivity index (χ3v) is 5.46. The van der Waals surface area contributed by atoms with Crippen molar-refractivity contribution in [2.24, 2.45) is 5.10 Å².